The van der Waals surface area contributed by atoms with Crippen molar-refractivity contribution in [2.45, 2.75) is 31.7 Å². The number of fused-ring (bicyclic) bond motifs is 1. The van der Waals surface area contributed by atoms with Crippen molar-refractivity contribution in [1.29, 1.82) is 0 Å². The Balaban J connectivity index is 1.18. The summed E-state index contributed by atoms with van der Waals surface area (Å²) in [5.41, 5.74) is 4.04. The molecule has 0 spiro atoms. The highest BCUT2D eigenvalue weighted by atomic mass is 16.5. The van der Waals surface area contributed by atoms with Crippen LogP contribution in [0, 0.1) is 0 Å². The highest BCUT2D eigenvalue weighted by Gasteiger charge is 2.30. The molecule has 2 amide bonds. The van der Waals surface area contributed by atoms with E-state index in [1.165, 1.54) is 11.1 Å². The Morgan fingerprint density at radius 1 is 1.00 bits per heavy atom. The van der Waals surface area contributed by atoms with E-state index in [-0.39, 0.29) is 30.3 Å². The molecule has 9 heteroatoms. The fraction of sp³-hybridized carbons (Fsp3) is 0.375. The van der Waals surface area contributed by atoms with Crippen molar-refractivity contribution in [1.82, 2.24) is 30.0 Å². The van der Waals surface area contributed by atoms with Crippen molar-refractivity contribution in [2.75, 3.05) is 26.2 Å². The van der Waals surface area contributed by atoms with Gasteiger partial charge in [0.2, 0.25) is 0 Å². The Kier molecular flexibility index (Phi) is 6.01. The Morgan fingerprint density at radius 2 is 1.76 bits per heavy atom. The molecule has 0 bridgehead atoms. The zero-order valence-corrected chi connectivity index (χ0v) is 18.3. The van der Waals surface area contributed by atoms with Crippen molar-refractivity contribution in [2.24, 2.45) is 0 Å². The van der Waals surface area contributed by atoms with E-state index in [4.69, 9.17) is 4.74 Å². The fourth-order valence-corrected chi connectivity index (χ4v) is 4.61. The number of hydrogen-bond acceptors (Lipinski definition) is 6. The molecule has 2 aromatic heterocycles. The number of rotatable bonds is 5. The number of carbonyl (C=O) groups is 2. The van der Waals surface area contributed by atoms with Crippen LogP contribution in [-0.4, -0.2) is 68.0 Å². The lowest BCUT2D eigenvalue weighted by atomic mass is 9.90. The van der Waals surface area contributed by atoms with Gasteiger partial charge < -0.3 is 14.5 Å². The molecule has 2 aliphatic rings. The predicted molar refractivity (Wildman–Crippen MR) is 120 cm³/mol. The quantitative estimate of drug-likeness (QED) is 0.644. The van der Waals surface area contributed by atoms with E-state index < -0.39 is 0 Å². The minimum absolute atomic E-state index is 0.0167. The normalized spacial score (nSPS) is 16.4. The van der Waals surface area contributed by atoms with E-state index in [9.17, 15) is 9.59 Å². The molecule has 1 fully saturated rings. The Morgan fingerprint density at radius 3 is 2.55 bits per heavy atom. The van der Waals surface area contributed by atoms with Crippen molar-refractivity contribution < 1.29 is 14.3 Å². The minimum Gasteiger partial charge on any atom is -0.453 e. The van der Waals surface area contributed by atoms with Gasteiger partial charge in [-0.15, -0.1) is 0 Å². The molecule has 0 atom stereocenters. The number of aromatic nitrogens is 4. The first kappa shape index (κ1) is 21.1. The lowest BCUT2D eigenvalue weighted by Crippen LogP contribution is -2.41. The number of carbonyl (C=O) groups excluding carboxylic acids is 2. The Hall–Kier alpha value is -3.75. The number of hydrogen-bond donors (Lipinski definition) is 1. The summed E-state index contributed by atoms with van der Waals surface area (Å²) in [6.45, 7) is 2.45. The number of piperidine rings is 1. The number of aromatic amines is 1. The molecule has 1 aromatic carbocycles. The SMILES string of the molecule is O=C(COc1ncccn1)N1CCC(c2[nH]ncc2C(=O)N2CCc3ccccc3C2)CC1. The maximum absolute atomic E-state index is 13.3. The van der Waals surface area contributed by atoms with Gasteiger partial charge in [0, 0.05) is 44.5 Å². The molecule has 5 rings (SSSR count). The topological polar surface area (TPSA) is 104 Å². The summed E-state index contributed by atoms with van der Waals surface area (Å²) in [6.07, 6.45) is 7.18. The Bertz CT molecular complexity index is 1120. The van der Waals surface area contributed by atoms with Gasteiger partial charge in [0.1, 0.15) is 0 Å². The fourth-order valence-electron chi connectivity index (χ4n) is 4.61. The monoisotopic (exact) mass is 446 g/mol. The minimum atomic E-state index is -0.0891. The maximum Gasteiger partial charge on any atom is 0.316 e. The summed E-state index contributed by atoms with van der Waals surface area (Å²) in [5, 5.41) is 7.25. The van der Waals surface area contributed by atoms with Crippen molar-refractivity contribution >= 4 is 11.8 Å². The number of benzene rings is 1. The van der Waals surface area contributed by atoms with Gasteiger partial charge in [-0.25, -0.2) is 9.97 Å². The van der Waals surface area contributed by atoms with Gasteiger partial charge in [-0.05, 0) is 36.5 Å². The van der Waals surface area contributed by atoms with Crippen LogP contribution in [0.25, 0.3) is 0 Å². The summed E-state index contributed by atoms with van der Waals surface area (Å²) in [7, 11) is 0. The molecule has 0 aliphatic carbocycles. The van der Waals surface area contributed by atoms with Crippen LogP contribution >= 0.6 is 0 Å². The number of ether oxygens (including phenoxy) is 1. The smallest absolute Gasteiger partial charge is 0.316 e. The van der Waals surface area contributed by atoms with Crippen LogP contribution in [0.4, 0.5) is 0 Å². The van der Waals surface area contributed by atoms with Gasteiger partial charge in [0.15, 0.2) is 6.61 Å². The highest BCUT2D eigenvalue weighted by molar-refractivity contribution is 5.95. The standard InChI is InChI=1S/C24H26N6O3/c31-21(16-33-24-25-9-3-10-26-24)29-11-7-18(8-12-29)22-20(14-27-28-22)23(32)30-13-6-17-4-1-2-5-19(17)15-30/h1-5,9-10,14,18H,6-8,11-13,15-16H2,(H,27,28). The zero-order valence-electron chi connectivity index (χ0n) is 18.3. The summed E-state index contributed by atoms with van der Waals surface area (Å²) in [6, 6.07) is 10.2. The largest absolute Gasteiger partial charge is 0.453 e. The zero-order chi connectivity index (χ0) is 22.6. The lowest BCUT2D eigenvalue weighted by Gasteiger charge is -2.32. The van der Waals surface area contributed by atoms with Crippen LogP contribution in [0.3, 0.4) is 0 Å². The van der Waals surface area contributed by atoms with E-state index in [1.54, 1.807) is 29.6 Å². The molecule has 2 aliphatic heterocycles. The van der Waals surface area contributed by atoms with Crippen molar-refractivity contribution in [3.63, 3.8) is 0 Å². The number of nitrogens with one attached hydrogen (secondary N) is 1. The summed E-state index contributed by atoms with van der Waals surface area (Å²) >= 11 is 0. The molecular weight excluding hydrogens is 420 g/mol. The third-order valence-electron chi connectivity index (χ3n) is 6.44. The van der Waals surface area contributed by atoms with Crippen LogP contribution in [0.1, 0.15) is 45.9 Å². The molecule has 9 nitrogen and oxygen atoms in total. The van der Waals surface area contributed by atoms with Crippen LogP contribution < -0.4 is 4.74 Å². The van der Waals surface area contributed by atoms with Gasteiger partial charge in [-0.3, -0.25) is 14.7 Å². The molecule has 4 heterocycles. The van der Waals surface area contributed by atoms with Crippen LogP contribution in [0.2, 0.25) is 0 Å². The van der Waals surface area contributed by atoms with Gasteiger partial charge in [0.05, 0.1) is 17.5 Å². The molecule has 1 saturated heterocycles. The van der Waals surface area contributed by atoms with E-state index >= 15 is 0 Å². The average Bonchev–Trinajstić information content (AvgIpc) is 3.37. The number of likely N-dealkylation sites (tertiary alicyclic amines) is 1. The summed E-state index contributed by atoms with van der Waals surface area (Å²) in [4.78, 5) is 37.4. The molecule has 170 valence electrons. The van der Waals surface area contributed by atoms with E-state index in [1.807, 2.05) is 17.0 Å². The Labute approximate surface area is 191 Å². The number of nitrogens with zero attached hydrogens (tertiary/aromatic N) is 5. The maximum atomic E-state index is 13.3. The third kappa shape index (κ3) is 4.57. The molecule has 1 N–H and O–H groups in total. The first-order chi connectivity index (χ1) is 16.2. The van der Waals surface area contributed by atoms with Gasteiger partial charge >= 0.3 is 6.01 Å². The molecule has 0 radical (unpaired) electrons. The molecular formula is C24H26N6O3. The van der Waals surface area contributed by atoms with Gasteiger partial charge in [0.25, 0.3) is 11.8 Å². The third-order valence-corrected chi connectivity index (χ3v) is 6.44. The molecule has 3 aromatic rings. The second kappa shape index (κ2) is 9.40. The molecule has 0 unspecified atom stereocenters. The van der Waals surface area contributed by atoms with Crippen LogP contribution in [-0.2, 0) is 17.8 Å². The van der Waals surface area contributed by atoms with Crippen LogP contribution in [0.15, 0.2) is 48.9 Å². The predicted octanol–water partition coefficient (Wildman–Crippen LogP) is 2.18. The molecule has 0 saturated carbocycles. The number of H-pyrrole nitrogens is 1. The number of amides is 2. The second-order valence-corrected chi connectivity index (χ2v) is 8.42. The van der Waals surface area contributed by atoms with Crippen LogP contribution in [0.5, 0.6) is 6.01 Å². The average molecular weight is 447 g/mol. The van der Waals surface area contributed by atoms with E-state index in [0.29, 0.717) is 31.7 Å². The lowest BCUT2D eigenvalue weighted by molar-refractivity contribution is -0.134. The first-order valence-corrected chi connectivity index (χ1v) is 11.3. The van der Waals surface area contributed by atoms with E-state index in [0.717, 1.165) is 25.0 Å². The summed E-state index contributed by atoms with van der Waals surface area (Å²) in [5.74, 6) is 0.0859. The van der Waals surface area contributed by atoms with Gasteiger partial charge in [-0.1, -0.05) is 24.3 Å². The first-order valence-electron chi connectivity index (χ1n) is 11.3. The second-order valence-electron chi connectivity index (χ2n) is 8.42. The molecule has 33 heavy (non-hydrogen) atoms. The van der Waals surface area contributed by atoms with Gasteiger partial charge in [-0.2, -0.15) is 5.10 Å². The highest BCUT2D eigenvalue weighted by Crippen LogP contribution is 2.30. The van der Waals surface area contributed by atoms with E-state index in [2.05, 4.69) is 32.3 Å². The van der Waals surface area contributed by atoms with Crippen molar-refractivity contribution in [3.8, 4) is 6.01 Å². The van der Waals surface area contributed by atoms with Crippen molar-refractivity contribution in [3.05, 3.63) is 71.3 Å². The summed E-state index contributed by atoms with van der Waals surface area (Å²) < 4.78 is 5.38.